The topological polar surface area (TPSA) is 46.6 Å². The van der Waals surface area contributed by atoms with Crippen LogP contribution in [0.2, 0.25) is 5.02 Å². The summed E-state index contributed by atoms with van der Waals surface area (Å²) in [5, 5.41) is 0.461. The summed E-state index contributed by atoms with van der Waals surface area (Å²) in [6.07, 6.45) is 1.28. The van der Waals surface area contributed by atoms with Gasteiger partial charge in [-0.15, -0.1) is 0 Å². The fraction of sp³-hybridized carbons (Fsp3) is 0.429. The van der Waals surface area contributed by atoms with E-state index in [1.807, 2.05) is 0 Å². The van der Waals surface area contributed by atoms with Gasteiger partial charge in [0.15, 0.2) is 0 Å². The van der Waals surface area contributed by atoms with Gasteiger partial charge in [-0.25, -0.2) is 0 Å². The van der Waals surface area contributed by atoms with Crippen LogP contribution in [-0.2, 0) is 9.53 Å². The van der Waals surface area contributed by atoms with Crippen LogP contribution in [0.4, 0.5) is 0 Å². The molecule has 0 atom stereocenters. The molecule has 1 saturated heterocycles. The lowest BCUT2D eigenvalue weighted by Gasteiger charge is -2.30. The number of hydrogen-bond donors (Lipinski definition) is 0. The lowest BCUT2D eigenvalue weighted by molar-refractivity contribution is -0.146. The summed E-state index contributed by atoms with van der Waals surface area (Å²) in [4.78, 5) is 25.4. The first kappa shape index (κ1) is 13.9. The van der Waals surface area contributed by atoms with Crippen molar-refractivity contribution in [3.8, 4) is 0 Å². The van der Waals surface area contributed by atoms with Crippen molar-refractivity contribution in [2.24, 2.45) is 5.92 Å². The zero-order valence-electron chi connectivity index (χ0n) is 10.8. The van der Waals surface area contributed by atoms with Gasteiger partial charge in [0, 0.05) is 13.1 Å². The van der Waals surface area contributed by atoms with Crippen molar-refractivity contribution in [3.63, 3.8) is 0 Å². The van der Waals surface area contributed by atoms with Crippen molar-refractivity contribution in [2.45, 2.75) is 12.8 Å². The minimum absolute atomic E-state index is 0.0751. The number of carbonyl (C=O) groups excluding carboxylic acids is 2. The van der Waals surface area contributed by atoms with E-state index in [4.69, 9.17) is 16.3 Å². The predicted octanol–water partition coefficient (Wildman–Crippen LogP) is 2.37. The number of benzene rings is 1. The molecule has 0 bridgehead atoms. The van der Waals surface area contributed by atoms with E-state index >= 15 is 0 Å². The maximum Gasteiger partial charge on any atom is 0.308 e. The first-order chi connectivity index (χ1) is 9.13. The molecular formula is C14H16ClNO3. The van der Waals surface area contributed by atoms with Crippen LogP contribution in [0.25, 0.3) is 0 Å². The highest BCUT2D eigenvalue weighted by atomic mass is 35.5. The molecule has 0 aromatic heterocycles. The summed E-state index contributed by atoms with van der Waals surface area (Å²) in [7, 11) is 1.39. The number of nitrogens with zero attached hydrogens (tertiary/aromatic N) is 1. The zero-order chi connectivity index (χ0) is 13.8. The number of likely N-dealkylation sites (tertiary alicyclic amines) is 1. The molecule has 1 aliphatic rings. The van der Waals surface area contributed by atoms with Crippen LogP contribution in [-0.4, -0.2) is 37.0 Å². The summed E-state index contributed by atoms with van der Waals surface area (Å²) in [6, 6.07) is 7.01. The van der Waals surface area contributed by atoms with Crippen LogP contribution in [0, 0.1) is 5.92 Å². The van der Waals surface area contributed by atoms with Gasteiger partial charge in [-0.1, -0.05) is 23.7 Å². The summed E-state index contributed by atoms with van der Waals surface area (Å²) in [5.41, 5.74) is 0.515. The van der Waals surface area contributed by atoms with Gasteiger partial charge >= 0.3 is 5.97 Å². The SMILES string of the molecule is COC(=O)C1CCN(C(=O)c2ccccc2Cl)CC1. The van der Waals surface area contributed by atoms with Crippen LogP contribution < -0.4 is 0 Å². The largest absolute Gasteiger partial charge is 0.469 e. The first-order valence-electron chi connectivity index (χ1n) is 6.25. The molecule has 4 nitrogen and oxygen atoms in total. The van der Waals surface area contributed by atoms with E-state index in [0.717, 1.165) is 0 Å². The molecule has 1 heterocycles. The lowest BCUT2D eigenvalue weighted by Crippen LogP contribution is -2.40. The molecule has 0 N–H and O–H groups in total. The van der Waals surface area contributed by atoms with Crippen LogP contribution in [0.3, 0.4) is 0 Å². The molecule has 19 heavy (non-hydrogen) atoms. The fourth-order valence-corrected chi connectivity index (χ4v) is 2.51. The third-order valence-electron chi connectivity index (χ3n) is 3.42. The summed E-state index contributed by atoms with van der Waals surface area (Å²) < 4.78 is 4.73. The van der Waals surface area contributed by atoms with Gasteiger partial charge in [-0.2, -0.15) is 0 Å². The van der Waals surface area contributed by atoms with Gasteiger partial charge < -0.3 is 9.64 Å². The second-order valence-corrected chi connectivity index (χ2v) is 4.98. The average Bonchev–Trinajstić information content (AvgIpc) is 2.46. The monoisotopic (exact) mass is 281 g/mol. The Morgan fingerprint density at radius 2 is 1.89 bits per heavy atom. The number of ether oxygens (including phenoxy) is 1. The molecular weight excluding hydrogens is 266 g/mol. The molecule has 2 rings (SSSR count). The van der Waals surface area contributed by atoms with E-state index in [0.29, 0.717) is 36.5 Å². The van der Waals surface area contributed by atoms with E-state index in [1.54, 1.807) is 29.2 Å². The Morgan fingerprint density at radius 1 is 1.26 bits per heavy atom. The number of carbonyl (C=O) groups is 2. The Morgan fingerprint density at radius 3 is 2.47 bits per heavy atom. The van der Waals surface area contributed by atoms with Crippen LogP contribution >= 0.6 is 11.6 Å². The van der Waals surface area contributed by atoms with Crippen molar-refractivity contribution in [3.05, 3.63) is 34.9 Å². The highest BCUT2D eigenvalue weighted by molar-refractivity contribution is 6.33. The highest BCUT2D eigenvalue weighted by Crippen LogP contribution is 2.22. The molecule has 1 aliphatic heterocycles. The smallest absolute Gasteiger partial charge is 0.308 e. The van der Waals surface area contributed by atoms with E-state index in [1.165, 1.54) is 7.11 Å². The molecule has 0 saturated carbocycles. The standard InChI is InChI=1S/C14H16ClNO3/c1-19-14(18)10-6-8-16(9-7-10)13(17)11-4-2-3-5-12(11)15/h2-5,10H,6-9H2,1H3. The number of esters is 1. The van der Waals surface area contributed by atoms with Gasteiger partial charge in [0.2, 0.25) is 0 Å². The fourth-order valence-electron chi connectivity index (χ4n) is 2.29. The number of rotatable bonds is 2. The van der Waals surface area contributed by atoms with Crippen LogP contribution in [0.15, 0.2) is 24.3 Å². The molecule has 0 unspecified atom stereocenters. The third kappa shape index (κ3) is 3.07. The average molecular weight is 282 g/mol. The van der Waals surface area contributed by atoms with Gasteiger partial charge in [-0.05, 0) is 25.0 Å². The predicted molar refractivity (Wildman–Crippen MR) is 72.1 cm³/mol. The summed E-state index contributed by atoms with van der Waals surface area (Å²) in [5.74, 6) is -0.362. The maximum atomic E-state index is 12.3. The molecule has 1 amide bonds. The second kappa shape index (κ2) is 6.06. The van der Waals surface area contributed by atoms with Gasteiger partial charge in [0.25, 0.3) is 5.91 Å². The minimum atomic E-state index is -0.190. The van der Waals surface area contributed by atoms with Crippen molar-refractivity contribution >= 4 is 23.5 Å². The number of amides is 1. The maximum absolute atomic E-state index is 12.3. The Labute approximate surface area is 117 Å². The number of piperidine rings is 1. The van der Waals surface area contributed by atoms with Crippen molar-refractivity contribution < 1.29 is 14.3 Å². The second-order valence-electron chi connectivity index (χ2n) is 4.57. The van der Waals surface area contributed by atoms with Gasteiger partial charge in [0.05, 0.1) is 23.6 Å². The molecule has 0 spiro atoms. The van der Waals surface area contributed by atoms with E-state index in [-0.39, 0.29) is 17.8 Å². The van der Waals surface area contributed by atoms with Crippen LogP contribution in [0.1, 0.15) is 23.2 Å². The molecule has 1 aromatic carbocycles. The molecule has 5 heteroatoms. The Hall–Kier alpha value is -1.55. The molecule has 0 radical (unpaired) electrons. The first-order valence-corrected chi connectivity index (χ1v) is 6.63. The normalized spacial score (nSPS) is 16.2. The Balaban J connectivity index is 2.00. The number of hydrogen-bond acceptors (Lipinski definition) is 3. The van der Waals surface area contributed by atoms with E-state index < -0.39 is 0 Å². The van der Waals surface area contributed by atoms with Crippen LogP contribution in [0.5, 0.6) is 0 Å². The Bertz CT molecular complexity index is 481. The van der Waals surface area contributed by atoms with Crippen molar-refractivity contribution in [1.82, 2.24) is 4.90 Å². The third-order valence-corrected chi connectivity index (χ3v) is 3.75. The summed E-state index contributed by atoms with van der Waals surface area (Å²) in [6.45, 7) is 1.12. The minimum Gasteiger partial charge on any atom is -0.469 e. The highest BCUT2D eigenvalue weighted by Gasteiger charge is 2.28. The van der Waals surface area contributed by atoms with Gasteiger partial charge in [-0.3, -0.25) is 9.59 Å². The number of halogens is 1. The molecule has 102 valence electrons. The lowest BCUT2D eigenvalue weighted by atomic mass is 9.96. The summed E-state index contributed by atoms with van der Waals surface area (Å²) >= 11 is 6.02. The van der Waals surface area contributed by atoms with Crippen molar-refractivity contribution in [1.29, 1.82) is 0 Å². The van der Waals surface area contributed by atoms with Crippen molar-refractivity contribution in [2.75, 3.05) is 20.2 Å². The quantitative estimate of drug-likeness (QED) is 0.782. The zero-order valence-corrected chi connectivity index (χ0v) is 11.5. The Kier molecular flexibility index (Phi) is 4.43. The van der Waals surface area contributed by atoms with E-state index in [2.05, 4.69) is 0 Å². The number of methoxy groups -OCH3 is 1. The molecule has 0 aliphatic carbocycles. The van der Waals surface area contributed by atoms with E-state index in [9.17, 15) is 9.59 Å². The molecule has 1 aromatic rings. The van der Waals surface area contributed by atoms with Gasteiger partial charge in [0.1, 0.15) is 0 Å². The molecule has 1 fully saturated rings.